The first-order valence-electron chi connectivity index (χ1n) is 20.2. The summed E-state index contributed by atoms with van der Waals surface area (Å²) in [5.41, 5.74) is 3.40. The van der Waals surface area contributed by atoms with Crippen LogP contribution in [0.25, 0.3) is 10.8 Å². The number of ether oxygens (including phenoxy) is 5. The molecule has 0 spiro atoms. The first kappa shape index (κ1) is 49.1. The summed E-state index contributed by atoms with van der Waals surface area (Å²) >= 11 is 0. The van der Waals surface area contributed by atoms with Gasteiger partial charge in [-0.15, -0.1) is 0 Å². The van der Waals surface area contributed by atoms with Crippen molar-refractivity contribution in [1.29, 1.82) is 0 Å². The molecule has 0 aromatic heterocycles. The molecule has 0 amide bonds. The lowest BCUT2D eigenvalue weighted by Gasteiger charge is -2.20. The Morgan fingerprint density at radius 1 is 0.517 bits per heavy atom. The van der Waals surface area contributed by atoms with Crippen LogP contribution in [0.3, 0.4) is 0 Å². The zero-order chi connectivity index (χ0) is 43.8. The summed E-state index contributed by atoms with van der Waals surface area (Å²) in [6, 6.07) is 27.2. The van der Waals surface area contributed by atoms with E-state index in [4.69, 9.17) is 23.7 Å². The van der Waals surface area contributed by atoms with Crippen LogP contribution in [0.2, 0.25) is 0 Å². The van der Waals surface area contributed by atoms with Gasteiger partial charge in [-0.3, -0.25) is 19.2 Å². The molecule has 0 aliphatic carbocycles. The van der Waals surface area contributed by atoms with Crippen LogP contribution in [0.1, 0.15) is 156 Å². The lowest BCUT2D eigenvalue weighted by atomic mass is 9.91. The van der Waals surface area contributed by atoms with Crippen LogP contribution in [0.4, 0.5) is 0 Å². The monoisotopic (exact) mass is 798 g/mol. The summed E-state index contributed by atoms with van der Waals surface area (Å²) in [7, 11) is 1.70. The van der Waals surface area contributed by atoms with Crippen LogP contribution in [0.15, 0.2) is 84.9 Å². The van der Waals surface area contributed by atoms with Crippen molar-refractivity contribution in [2.75, 3.05) is 7.11 Å². The van der Waals surface area contributed by atoms with Crippen LogP contribution in [-0.2, 0) is 33.4 Å². The van der Waals surface area contributed by atoms with Crippen molar-refractivity contribution in [3.63, 3.8) is 0 Å². The molecule has 316 valence electrons. The quantitative estimate of drug-likeness (QED) is 0.0908. The molecule has 0 N–H and O–H groups in total. The SMILES string of the molecule is CCC(C)(C)C(=O)Oc1ccc(C(C)OC(C)=O)cc1.CCC(C)(C)C(=O)Oc1ccc2cc(C(C)OC)ccc2c1.CCC(C)c1ccc(C(C)OC(C)=O)cc1. The maximum absolute atomic E-state index is 12.1. The van der Waals surface area contributed by atoms with Crippen LogP contribution >= 0.6 is 0 Å². The fourth-order valence-electron chi connectivity index (χ4n) is 5.25. The second-order valence-electron chi connectivity index (χ2n) is 15.9. The standard InChI is InChI=1S/C19H24O3.C16H22O4.C14H20O2/c1-6-19(3,4)18(20)22-17-10-9-15-11-14(13(2)21-5)7-8-16(15)12-17;1-6-16(4,5)15(18)20-14-9-7-13(8-10-14)11(2)19-12(3)17;1-5-10(2)13-6-8-14(9-7-13)11(3)16-12(4)15/h7-13H,6H2,1-5H3;7-11H,6H2,1-5H3;6-11H,5H2,1-4H3. The number of rotatable bonds is 14. The van der Waals surface area contributed by atoms with Crippen molar-refractivity contribution in [1.82, 2.24) is 0 Å². The molecule has 0 saturated heterocycles. The van der Waals surface area contributed by atoms with Gasteiger partial charge in [0.15, 0.2) is 0 Å². The third-order valence-corrected chi connectivity index (χ3v) is 10.6. The highest BCUT2D eigenvalue weighted by Gasteiger charge is 2.28. The van der Waals surface area contributed by atoms with Gasteiger partial charge in [-0.1, -0.05) is 82.3 Å². The topological polar surface area (TPSA) is 114 Å². The van der Waals surface area contributed by atoms with E-state index in [1.807, 2.05) is 97.9 Å². The van der Waals surface area contributed by atoms with Crippen molar-refractivity contribution in [2.24, 2.45) is 10.8 Å². The van der Waals surface area contributed by atoms with E-state index < -0.39 is 10.8 Å². The molecule has 58 heavy (non-hydrogen) atoms. The predicted octanol–water partition coefficient (Wildman–Crippen LogP) is 12.4. The molecule has 0 fully saturated rings. The summed E-state index contributed by atoms with van der Waals surface area (Å²) in [6.07, 6.45) is 2.18. The second kappa shape index (κ2) is 22.8. The smallest absolute Gasteiger partial charge is 0.316 e. The molecule has 0 radical (unpaired) electrons. The zero-order valence-electron chi connectivity index (χ0n) is 37.2. The van der Waals surface area contributed by atoms with E-state index >= 15 is 0 Å². The fourth-order valence-corrected chi connectivity index (χ4v) is 5.25. The molecule has 0 heterocycles. The molecule has 4 unspecified atom stereocenters. The van der Waals surface area contributed by atoms with Gasteiger partial charge in [0.1, 0.15) is 23.7 Å². The summed E-state index contributed by atoms with van der Waals surface area (Å²) in [4.78, 5) is 45.8. The van der Waals surface area contributed by atoms with Crippen LogP contribution in [-0.4, -0.2) is 31.0 Å². The first-order valence-corrected chi connectivity index (χ1v) is 20.2. The van der Waals surface area contributed by atoms with Gasteiger partial charge in [0.05, 0.1) is 16.9 Å². The Labute approximate surface area is 346 Å². The Hall–Kier alpha value is -5.02. The normalized spacial score (nSPS) is 13.3. The average molecular weight is 799 g/mol. The second-order valence-corrected chi connectivity index (χ2v) is 15.9. The van der Waals surface area contributed by atoms with E-state index in [-0.39, 0.29) is 42.2 Å². The highest BCUT2D eigenvalue weighted by molar-refractivity contribution is 5.86. The Kier molecular flexibility index (Phi) is 19.3. The van der Waals surface area contributed by atoms with Crippen molar-refractivity contribution in [3.8, 4) is 11.5 Å². The molecule has 4 atom stereocenters. The van der Waals surface area contributed by atoms with Crippen molar-refractivity contribution >= 4 is 34.6 Å². The molecule has 4 rings (SSSR count). The number of carbonyl (C=O) groups is 4. The van der Waals surface area contributed by atoms with Crippen molar-refractivity contribution < 1.29 is 42.9 Å². The number of hydrogen-bond donors (Lipinski definition) is 0. The predicted molar refractivity (Wildman–Crippen MR) is 231 cm³/mol. The van der Waals surface area contributed by atoms with E-state index in [0.717, 1.165) is 40.3 Å². The number of esters is 4. The summed E-state index contributed by atoms with van der Waals surface area (Å²) in [5.74, 6) is 0.663. The maximum atomic E-state index is 12.1. The zero-order valence-corrected chi connectivity index (χ0v) is 37.2. The molecule has 9 nitrogen and oxygen atoms in total. The van der Waals surface area contributed by atoms with E-state index in [9.17, 15) is 19.2 Å². The molecule has 4 aromatic carbocycles. The van der Waals surface area contributed by atoms with Gasteiger partial charge < -0.3 is 23.7 Å². The molecule has 0 aliphatic rings. The summed E-state index contributed by atoms with van der Waals surface area (Å²) < 4.78 is 26.4. The lowest BCUT2D eigenvalue weighted by molar-refractivity contribution is -0.146. The number of benzene rings is 4. The molecule has 0 aliphatic heterocycles. The highest BCUT2D eigenvalue weighted by Crippen LogP contribution is 2.29. The van der Waals surface area contributed by atoms with E-state index in [0.29, 0.717) is 23.8 Å². The van der Waals surface area contributed by atoms with Gasteiger partial charge in [0, 0.05) is 21.0 Å². The summed E-state index contributed by atoms with van der Waals surface area (Å²) in [6.45, 7) is 24.3. The third-order valence-electron chi connectivity index (χ3n) is 10.6. The lowest BCUT2D eigenvalue weighted by Crippen LogP contribution is -2.28. The number of hydrogen-bond acceptors (Lipinski definition) is 9. The van der Waals surface area contributed by atoms with E-state index in [2.05, 4.69) is 32.0 Å². The molecule has 0 bridgehead atoms. The molecule has 9 heteroatoms. The van der Waals surface area contributed by atoms with Gasteiger partial charge in [-0.2, -0.15) is 0 Å². The van der Waals surface area contributed by atoms with E-state index in [1.54, 1.807) is 38.3 Å². The largest absolute Gasteiger partial charge is 0.458 e. The minimum absolute atomic E-state index is 0.0623. The van der Waals surface area contributed by atoms with Crippen molar-refractivity contribution in [2.45, 2.75) is 134 Å². The highest BCUT2D eigenvalue weighted by atomic mass is 16.6. The minimum Gasteiger partial charge on any atom is -0.458 e. The molecule has 0 saturated carbocycles. The van der Waals surface area contributed by atoms with Gasteiger partial charge >= 0.3 is 23.9 Å². The third kappa shape index (κ3) is 15.4. The van der Waals surface area contributed by atoms with Crippen LogP contribution in [0.5, 0.6) is 11.5 Å². The number of fused-ring (bicyclic) bond motifs is 1. The van der Waals surface area contributed by atoms with Gasteiger partial charge in [-0.25, -0.2) is 0 Å². The van der Waals surface area contributed by atoms with Gasteiger partial charge in [-0.05, 0) is 137 Å². The van der Waals surface area contributed by atoms with Crippen LogP contribution < -0.4 is 9.47 Å². The van der Waals surface area contributed by atoms with Gasteiger partial charge in [0.2, 0.25) is 0 Å². The Morgan fingerprint density at radius 3 is 1.33 bits per heavy atom. The average Bonchev–Trinajstić information content (AvgIpc) is 3.20. The summed E-state index contributed by atoms with van der Waals surface area (Å²) in [5, 5.41) is 2.16. The fraction of sp³-hybridized carbons (Fsp3) is 0.469. The Balaban J connectivity index is 0.000000304. The molecular weight excluding hydrogens is 733 g/mol. The van der Waals surface area contributed by atoms with Crippen molar-refractivity contribution in [3.05, 3.63) is 107 Å². The Morgan fingerprint density at radius 2 is 0.897 bits per heavy atom. The molecule has 4 aromatic rings. The van der Waals surface area contributed by atoms with E-state index in [1.165, 1.54) is 19.4 Å². The van der Waals surface area contributed by atoms with Crippen LogP contribution in [0, 0.1) is 10.8 Å². The Bertz CT molecular complexity index is 1930. The number of methoxy groups -OCH3 is 1. The minimum atomic E-state index is -0.496. The van der Waals surface area contributed by atoms with Gasteiger partial charge in [0.25, 0.3) is 0 Å². The molecular formula is C49H66O9. The maximum Gasteiger partial charge on any atom is 0.316 e. The number of carbonyl (C=O) groups excluding carboxylic acids is 4. The first-order chi connectivity index (χ1) is 27.2.